The first-order chi connectivity index (χ1) is 23.8. The number of likely N-dealkylation sites (tertiary alicyclic amines) is 1. The molecule has 2 fully saturated rings. The van der Waals surface area contributed by atoms with Gasteiger partial charge < -0.3 is 24.2 Å². The second kappa shape index (κ2) is 16.5. The number of benzene rings is 2. The van der Waals surface area contributed by atoms with Crippen LogP contribution in [0.3, 0.4) is 0 Å². The van der Waals surface area contributed by atoms with Crippen LogP contribution in [-0.2, 0) is 27.6 Å². The smallest absolute Gasteiger partial charge is 0.263 e. The van der Waals surface area contributed by atoms with E-state index in [1.54, 1.807) is 13.0 Å². The number of carbonyl (C=O) groups is 1. The number of halogens is 1. The Kier molecular flexibility index (Phi) is 12.8. The minimum Gasteiger partial charge on any atom is -0.490 e. The number of nitrogens with one attached hydrogen (secondary N) is 1. The molecule has 2 aliphatic carbocycles. The SMILES string of the molecule is CCS(=O)NC(=O)c1ccc2c(c1)N(CC1CCC1C(/C=C/C(C)C)OC)C[C@@]1(CCCc3cc(Cl)ccc31)CO2.CN1CC(C)(N(C)C)C1. The van der Waals surface area contributed by atoms with Crippen LogP contribution >= 0.6 is 11.6 Å². The van der Waals surface area contributed by atoms with E-state index in [1.807, 2.05) is 25.3 Å². The fourth-order valence-electron chi connectivity index (χ4n) is 8.15. The molecule has 4 aliphatic rings. The van der Waals surface area contributed by atoms with Gasteiger partial charge in [-0.3, -0.25) is 9.52 Å². The largest absolute Gasteiger partial charge is 0.490 e. The molecule has 10 heteroatoms. The normalized spacial score (nSPS) is 25.4. The van der Waals surface area contributed by atoms with Crippen LogP contribution in [0.25, 0.3) is 0 Å². The fraction of sp³-hybridized carbons (Fsp3) is 0.625. The molecule has 8 nitrogen and oxygen atoms in total. The van der Waals surface area contributed by atoms with Gasteiger partial charge in [0.1, 0.15) is 16.7 Å². The van der Waals surface area contributed by atoms with E-state index in [-0.39, 0.29) is 17.4 Å². The Balaban J connectivity index is 0.000000470. The van der Waals surface area contributed by atoms with E-state index in [4.69, 9.17) is 21.1 Å². The van der Waals surface area contributed by atoms with E-state index in [0.717, 1.165) is 61.7 Å². The molecule has 2 aromatic rings. The highest BCUT2D eigenvalue weighted by atomic mass is 35.5. The van der Waals surface area contributed by atoms with Crippen molar-refractivity contribution in [3.05, 3.63) is 70.3 Å². The van der Waals surface area contributed by atoms with Gasteiger partial charge in [-0.25, -0.2) is 4.21 Å². The maximum absolute atomic E-state index is 13.0. The summed E-state index contributed by atoms with van der Waals surface area (Å²) in [6.45, 7) is 13.1. The van der Waals surface area contributed by atoms with E-state index in [9.17, 15) is 9.00 Å². The number of rotatable bonds is 10. The Morgan fingerprint density at radius 3 is 2.52 bits per heavy atom. The molecular weight excluding hydrogens is 668 g/mol. The first-order valence-electron chi connectivity index (χ1n) is 18.3. The monoisotopic (exact) mass is 726 g/mol. The third kappa shape index (κ3) is 8.77. The number of nitrogens with zero attached hydrogens (tertiary/aromatic N) is 3. The first kappa shape index (κ1) is 38.8. The van der Waals surface area contributed by atoms with Gasteiger partial charge >= 0.3 is 0 Å². The molecule has 0 aromatic heterocycles. The van der Waals surface area contributed by atoms with Crippen molar-refractivity contribution in [1.29, 1.82) is 0 Å². The zero-order valence-corrected chi connectivity index (χ0v) is 33.0. The molecule has 1 saturated heterocycles. The Bertz CT molecular complexity index is 1540. The molecule has 2 heterocycles. The lowest BCUT2D eigenvalue weighted by molar-refractivity contribution is 0.00182. The molecule has 2 aromatic carbocycles. The Morgan fingerprint density at radius 1 is 1.16 bits per heavy atom. The number of hydrogen-bond acceptors (Lipinski definition) is 7. The molecule has 50 heavy (non-hydrogen) atoms. The summed E-state index contributed by atoms with van der Waals surface area (Å²) >= 11 is 6.41. The molecule has 5 atom stereocenters. The van der Waals surface area contributed by atoms with Gasteiger partial charge in [-0.2, -0.15) is 0 Å². The third-order valence-corrected chi connectivity index (χ3v) is 12.6. The lowest BCUT2D eigenvalue weighted by Gasteiger charge is -2.50. The zero-order valence-electron chi connectivity index (χ0n) is 31.5. The number of allylic oxidation sites excluding steroid dienone is 1. The predicted molar refractivity (Wildman–Crippen MR) is 207 cm³/mol. The maximum atomic E-state index is 13.0. The van der Waals surface area contributed by atoms with Crippen LogP contribution in [-0.4, -0.2) is 98.4 Å². The van der Waals surface area contributed by atoms with Gasteiger partial charge in [0.25, 0.3) is 5.91 Å². The lowest BCUT2D eigenvalue weighted by Crippen LogP contribution is -2.65. The summed E-state index contributed by atoms with van der Waals surface area (Å²) < 4.78 is 27.2. The Morgan fingerprint density at radius 2 is 1.92 bits per heavy atom. The molecule has 4 unspecified atom stereocenters. The van der Waals surface area contributed by atoms with Crippen molar-refractivity contribution in [2.75, 3.05) is 71.7 Å². The highest BCUT2D eigenvalue weighted by Gasteiger charge is 2.44. The van der Waals surface area contributed by atoms with Gasteiger partial charge in [-0.1, -0.05) is 50.6 Å². The van der Waals surface area contributed by atoms with E-state index < -0.39 is 11.0 Å². The van der Waals surface area contributed by atoms with Gasteiger partial charge in [0, 0.05) is 60.6 Å². The summed E-state index contributed by atoms with van der Waals surface area (Å²) in [6.07, 6.45) is 9.97. The van der Waals surface area contributed by atoms with Gasteiger partial charge in [0.05, 0.1) is 18.4 Å². The number of amides is 1. The second-order valence-electron chi connectivity index (χ2n) is 15.7. The quantitative estimate of drug-likeness (QED) is 0.272. The van der Waals surface area contributed by atoms with Crippen molar-refractivity contribution in [2.45, 2.75) is 76.9 Å². The number of ether oxygens (including phenoxy) is 2. The summed E-state index contributed by atoms with van der Waals surface area (Å²) in [5.41, 5.74) is 4.32. The van der Waals surface area contributed by atoms with Crippen LogP contribution in [0.15, 0.2) is 48.6 Å². The summed E-state index contributed by atoms with van der Waals surface area (Å²) in [6, 6.07) is 11.9. The molecular formula is C40H59ClN4O4S. The van der Waals surface area contributed by atoms with Crippen molar-refractivity contribution in [1.82, 2.24) is 14.5 Å². The fourth-order valence-corrected chi connectivity index (χ4v) is 8.82. The Hall–Kier alpha value is -2.43. The average Bonchev–Trinajstić information content (AvgIpc) is 3.20. The number of carbonyl (C=O) groups excluding carboxylic acids is 1. The van der Waals surface area contributed by atoms with Crippen molar-refractivity contribution >= 4 is 34.2 Å². The van der Waals surface area contributed by atoms with E-state index in [0.29, 0.717) is 41.2 Å². The van der Waals surface area contributed by atoms with Gasteiger partial charge in [0.2, 0.25) is 0 Å². The second-order valence-corrected chi connectivity index (χ2v) is 17.7. The third-order valence-electron chi connectivity index (χ3n) is 11.4. The first-order valence-corrected chi connectivity index (χ1v) is 20.0. The van der Waals surface area contributed by atoms with Crippen molar-refractivity contribution < 1.29 is 18.5 Å². The molecule has 6 rings (SSSR count). The molecule has 1 saturated carbocycles. The van der Waals surface area contributed by atoms with Crippen molar-refractivity contribution in [3.8, 4) is 5.75 Å². The summed E-state index contributed by atoms with van der Waals surface area (Å²) in [5, 5.41) is 0.771. The summed E-state index contributed by atoms with van der Waals surface area (Å²) in [5.74, 6) is 2.20. The number of aryl methyl sites for hydroxylation is 1. The molecule has 1 spiro atoms. The molecule has 0 bridgehead atoms. The number of methoxy groups -OCH3 is 1. The molecule has 1 amide bonds. The van der Waals surface area contributed by atoms with Gasteiger partial charge in [0.15, 0.2) is 0 Å². The van der Waals surface area contributed by atoms with Gasteiger partial charge in [-0.15, -0.1) is 0 Å². The molecule has 0 radical (unpaired) electrons. The number of hydrogen-bond donors (Lipinski definition) is 1. The van der Waals surface area contributed by atoms with Crippen LogP contribution in [0, 0.1) is 17.8 Å². The minimum absolute atomic E-state index is 0.0893. The highest BCUT2D eigenvalue weighted by molar-refractivity contribution is 7.83. The standard InChI is InChI=1S/C33H43ClN2O4S.C7H16N2/c1-5-41(38)35-32(37)24-10-15-31-29(18-24)36(19-25-9-12-27(25)30(39-4)14-8-22(2)3)20-33(21-40-31)16-6-7-23-17-26(34)11-13-28(23)33;1-7(8(2)3)5-9(4)6-7/h8,10-11,13-15,17-18,22,25,27,30H,5-7,9,12,16,19-21H2,1-4H3,(H,35,37);5-6H2,1-4H3/b14-8+;/t25?,27?,30?,33-,41?;/m0./s1. The maximum Gasteiger partial charge on any atom is 0.263 e. The van der Waals surface area contributed by atoms with E-state index in [2.05, 4.69) is 85.6 Å². The molecule has 1 N–H and O–H groups in total. The number of anilines is 1. The lowest BCUT2D eigenvalue weighted by atomic mass is 9.68. The van der Waals surface area contributed by atoms with Crippen LogP contribution in [0.5, 0.6) is 5.75 Å². The van der Waals surface area contributed by atoms with E-state index >= 15 is 0 Å². The van der Waals surface area contributed by atoms with Crippen molar-refractivity contribution in [2.24, 2.45) is 17.8 Å². The van der Waals surface area contributed by atoms with E-state index in [1.165, 1.54) is 24.2 Å². The highest BCUT2D eigenvalue weighted by Crippen LogP contribution is 2.47. The van der Waals surface area contributed by atoms with Crippen LogP contribution in [0.1, 0.15) is 74.9 Å². The predicted octanol–water partition coefficient (Wildman–Crippen LogP) is 6.73. The van der Waals surface area contributed by atoms with Gasteiger partial charge in [-0.05, 0) is 119 Å². The van der Waals surface area contributed by atoms with Crippen LogP contribution in [0.4, 0.5) is 5.69 Å². The topological polar surface area (TPSA) is 74.3 Å². The van der Waals surface area contributed by atoms with Crippen LogP contribution in [0.2, 0.25) is 5.02 Å². The van der Waals surface area contributed by atoms with Crippen molar-refractivity contribution in [3.63, 3.8) is 0 Å². The zero-order chi connectivity index (χ0) is 36.2. The summed E-state index contributed by atoms with van der Waals surface area (Å²) in [4.78, 5) is 20.1. The molecule has 276 valence electrons. The minimum atomic E-state index is -1.40. The Labute approximate surface area is 308 Å². The number of likely N-dealkylation sites (N-methyl/N-ethyl adjacent to an activating group) is 2. The number of fused-ring (bicyclic) bond motifs is 3. The van der Waals surface area contributed by atoms with Crippen LogP contribution < -0.4 is 14.4 Å². The molecule has 2 aliphatic heterocycles. The average molecular weight is 727 g/mol. The summed E-state index contributed by atoms with van der Waals surface area (Å²) in [7, 11) is 6.86.